The molecule has 2 aromatic carbocycles. The summed E-state index contributed by atoms with van der Waals surface area (Å²) in [5, 5.41) is 0. The van der Waals surface area contributed by atoms with E-state index in [1.54, 1.807) is 0 Å². The molecule has 1 fully saturated rings. The lowest BCUT2D eigenvalue weighted by molar-refractivity contribution is -0.156. The van der Waals surface area contributed by atoms with Crippen LogP contribution in [-0.4, -0.2) is 135 Å². The summed E-state index contributed by atoms with van der Waals surface area (Å²) in [5.74, 6) is -1.45. The van der Waals surface area contributed by atoms with Crippen LogP contribution in [0, 0.1) is 0 Å². The van der Waals surface area contributed by atoms with E-state index in [0.717, 1.165) is 11.1 Å². The van der Waals surface area contributed by atoms with Gasteiger partial charge in [0, 0.05) is 52.4 Å². The highest BCUT2D eigenvalue weighted by Crippen LogP contribution is 2.09. The Morgan fingerprint density at radius 2 is 0.851 bits per heavy atom. The lowest BCUT2D eigenvalue weighted by Gasteiger charge is -2.33. The number of benzene rings is 2. The summed E-state index contributed by atoms with van der Waals surface area (Å²) < 4.78 is 21.6. The van der Waals surface area contributed by atoms with Crippen molar-refractivity contribution in [2.24, 2.45) is 0 Å². The van der Waals surface area contributed by atoms with Gasteiger partial charge < -0.3 is 18.9 Å². The van der Waals surface area contributed by atoms with Crippen LogP contribution >= 0.6 is 0 Å². The summed E-state index contributed by atoms with van der Waals surface area (Å²) in [7, 11) is 1.35. The minimum absolute atomic E-state index is 0.0541. The summed E-state index contributed by atoms with van der Waals surface area (Å²) >= 11 is 0. The number of rotatable bonds is 12. The molecule has 0 aromatic heterocycles. The zero-order chi connectivity index (χ0) is 34.1. The number of hydrogen-bond acceptors (Lipinski definition) is 12. The first-order valence-corrected chi connectivity index (χ1v) is 16.1. The van der Waals surface area contributed by atoms with Crippen molar-refractivity contribution >= 4 is 23.9 Å². The van der Waals surface area contributed by atoms with Gasteiger partial charge in [-0.1, -0.05) is 60.7 Å². The minimum Gasteiger partial charge on any atom is -0.468 e. The van der Waals surface area contributed by atoms with Crippen molar-refractivity contribution in [3.8, 4) is 0 Å². The predicted octanol–water partition coefficient (Wildman–Crippen LogP) is 2.21. The van der Waals surface area contributed by atoms with E-state index in [9.17, 15) is 19.2 Å². The first-order valence-electron chi connectivity index (χ1n) is 16.1. The number of carbonyl (C=O) groups is 4. The Morgan fingerprint density at radius 1 is 0.532 bits per heavy atom. The SMILES string of the molecule is COC(=O)CN1CCN(CC(=O)OCc2ccccc2)CCN(CC(=O)OC(C)(C)C)CCN(CC(=O)OCc2ccccc2)CC1. The molecule has 0 amide bonds. The second-order valence-corrected chi connectivity index (χ2v) is 12.6. The fourth-order valence-corrected chi connectivity index (χ4v) is 4.95. The van der Waals surface area contributed by atoms with Crippen LogP contribution in [0.1, 0.15) is 31.9 Å². The second-order valence-electron chi connectivity index (χ2n) is 12.6. The molecule has 3 rings (SSSR count). The average Bonchev–Trinajstić information content (AvgIpc) is 3.03. The quantitative estimate of drug-likeness (QED) is 0.247. The average molecular weight is 655 g/mol. The molecule has 0 radical (unpaired) electrons. The Balaban J connectivity index is 1.71. The normalized spacial score (nSPS) is 16.3. The van der Waals surface area contributed by atoms with Crippen molar-refractivity contribution in [1.82, 2.24) is 19.6 Å². The third-order valence-electron chi connectivity index (χ3n) is 7.47. The van der Waals surface area contributed by atoms with Gasteiger partial charge in [0.25, 0.3) is 0 Å². The molecular formula is C35H50N4O8. The fourth-order valence-electron chi connectivity index (χ4n) is 4.95. The molecular weight excluding hydrogens is 604 g/mol. The Kier molecular flexibility index (Phi) is 15.8. The van der Waals surface area contributed by atoms with Crippen LogP contribution < -0.4 is 0 Å². The van der Waals surface area contributed by atoms with E-state index in [2.05, 4.69) is 0 Å². The molecule has 12 heteroatoms. The molecule has 0 atom stereocenters. The molecule has 0 aliphatic carbocycles. The second kappa shape index (κ2) is 19.7. The molecule has 0 unspecified atom stereocenters. The molecule has 258 valence electrons. The van der Waals surface area contributed by atoms with Crippen LogP contribution in [0.4, 0.5) is 0 Å². The van der Waals surface area contributed by atoms with E-state index >= 15 is 0 Å². The number of esters is 4. The fraction of sp³-hybridized carbons (Fsp3) is 0.543. The van der Waals surface area contributed by atoms with Crippen LogP contribution in [0.25, 0.3) is 0 Å². The molecule has 0 spiro atoms. The largest absolute Gasteiger partial charge is 0.468 e. The van der Waals surface area contributed by atoms with E-state index in [0.29, 0.717) is 52.4 Å². The first-order chi connectivity index (χ1) is 22.5. The van der Waals surface area contributed by atoms with Crippen molar-refractivity contribution in [2.45, 2.75) is 39.6 Å². The Labute approximate surface area is 278 Å². The van der Waals surface area contributed by atoms with Gasteiger partial charge in [0.1, 0.15) is 18.8 Å². The van der Waals surface area contributed by atoms with E-state index < -0.39 is 5.60 Å². The highest BCUT2D eigenvalue weighted by molar-refractivity contribution is 5.73. The molecule has 0 saturated carbocycles. The van der Waals surface area contributed by atoms with E-state index in [1.807, 2.05) is 101 Å². The van der Waals surface area contributed by atoms with Crippen LogP contribution in [0.15, 0.2) is 60.7 Å². The maximum atomic E-state index is 12.9. The van der Waals surface area contributed by atoms with Crippen molar-refractivity contribution in [3.63, 3.8) is 0 Å². The topological polar surface area (TPSA) is 118 Å². The highest BCUT2D eigenvalue weighted by atomic mass is 16.6. The standard InChI is InChI=1S/C35H50N4O8/c1-35(2,3)47-34(43)26-39-21-19-37(24-32(41)45-27-29-11-7-5-8-12-29)17-15-36(23-31(40)44-4)16-18-38(20-22-39)25-33(42)46-28-30-13-9-6-10-14-30/h5-14H,15-28H2,1-4H3. The lowest BCUT2D eigenvalue weighted by Crippen LogP contribution is -2.49. The van der Waals surface area contributed by atoms with Gasteiger partial charge in [-0.15, -0.1) is 0 Å². The molecule has 0 bridgehead atoms. The number of hydrogen-bond donors (Lipinski definition) is 0. The molecule has 47 heavy (non-hydrogen) atoms. The van der Waals surface area contributed by atoms with Crippen LogP contribution in [0.3, 0.4) is 0 Å². The van der Waals surface area contributed by atoms with Gasteiger partial charge in [0.05, 0.1) is 33.3 Å². The third-order valence-corrected chi connectivity index (χ3v) is 7.47. The van der Waals surface area contributed by atoms with Gasteiger partial charge in [-0.3, -0.25) is 38.8 Å². The summed E-state index contributed by atoms with van der Waals surface area (Å²) in [6.07, 6.45) is 0. The lowest BCUT2D eigenvalue weighted by atomic mass is 10.2. The van der Waals surface area contributed by atoms with E-state index in [4.69, 9.17) is 18.9 Å². The van der Waals surface area contributed by atoms with Gasteiger partial charge in [-0.05, 0) is 31.9 Å². The van der Waals surface area contributed by atoms with Crippen molar-refractivity contribution in [3.05, 3.63) is 71.8 Å². The maximum absolute atomic E-state index is 12.9. The predicted molar refractivity (Wildman–Crippen MR) is 176 cm³/mol. The smallest absolute Gasteiger partial charge is 0.320 e. The molecule has 12 nitrogen and oxygen atoms in total. The van der Waals surface area contributed by atoms with E-state index in [-0.39, 0.29) is 63.3 Å². The summed E-state index contributed by atoms with van der Waals surface area (Å²) in [6.45, 7) is 9.82. The van der Waals surface area contributed by atoms with Gasteiger partial charge >= 0.3 is 23.9 Å². The van der Waals surface area contributed by atoms with Gasteiger partial charge in [-0.25, -0.2) is 0 Å². The van der Waals surface area contributed by atoms with Crippen LogP contribution in [-0.2, 0) is 51.3 Å². The van der Waals surface area contributed by atoms with Crippen LogP contribution in [0.5, 0.6) is 0 Å². The number of carbonyl (C=O) groups excluding carboxylic acids is 4. The van der Waals surface area contributed by atoms with E-state index in [1.165, 1.54) is 7.11 Å². The van der Waals surface area contributed by atoms with Gasteiger partial charge in [0.15, 0.2) is 0 Å². The monoisotopic (exact) mass is 654 g/mol. The number of methoxy groups -OCH3 is 1. The zero-order valence-electron chi connectivity index (χ0n) is 28.2. The first kappa shape index (κ1) is 37.6. The molecule has 2 aromatic rings. The van der Waals surface area contributed by atoms with Crippen molar-refractivity contribution in [2.75, 3.05) is 85.6 Å². The van der Waals surface area contributed by atoms with Crippen molar-refractivity contribution in [1.29, 1.82) is 0 Å². The summed E-state index contributed by atoms with van der Waals surface area (Å²) in [5.41, 5.74) is 1.17. The number of ether oxygens (including phenoxy) is 4. The molecule has 1 heterocycles. The van der Waals surface area contributed by atoms with Crippen LogP contribution in [0.2, 0.25) is 0 Å². The maximum Gasteiger partial charge on any atom is 0.320 e. The Morgan fingerprint density at radius 3 is 1.17 bits per heavy atom. The summed E-state index contributed by atoms with van der Waals surface area (Å²) in [6, 6.07) is 19.0. The van der Waals surface area contributed by atoms with Crippen molar-refractivity contribution < 1.29 is 38.1 Å². The zero-order valence-corrected chi connectivity index (χ0v) is 28.2. The molecule has 1 saturated heterocycles. The number of nitrogens with zero attached hydrogens (tertiary/aromatic N) is 4. The Bertz CT molecular complexity index is 1180. The van der Waals surface area contributed by atoms with Gasteiger partial charge in [0.2, 0.25) is 0 Å². The highest BCUT2D eigenvalue weighted by Gasteiger charge is 2.24. The third kappa shape index (κ3) is 16.0. The molecule has 1 aliphatic rings. The molecule has 1 aliphatic heterocycles. The van der Waals surface area contributed by atoms with Gasteiger partial charge in [-0.2, -0.15) is 0 Å². The Hall–Kier alpha value is -3.84. The minimum atomic E-state index is -0.629. The summed E-state index contributed by atoms with van der Waals surface area (Å²) in [4.78, 5) is 58.8. The molecule has 0 N–H and O–H groups in total.